The van der Waals surface area contributed by atoms with Crippen LogP contribution in [0.25, 0.3) is 0 Å². The van der Waals surface area contributed by atoms with Crippen molar-refractivity contribution >= 4 is 23.2 Å². The lowest BCUT2D eigenvalue weighted by Gasteiger charge is -2.17. The standard InChI is InChI=1S/C12H11ClF3NO/c13-6-8-5-11(18)17(7-8)10-3-1-9(2-4-10)12(14,15)16/h1-4,8H,5-7H2. The smallest absolute Gasteiger partial charge is 0.312 e. The molecule has 0 radical (unpaired) electrons. The molecule has 1 saturated heterocycles. The fraction of sp³-hybridized carbons (Fsp3) is 0.417. The van der Waals surface area contributed by atoms with Gasteiger partial charge < -0.3 is 4.90 Å². The second-order valence-corrected chi connectivity index (χ2v) is 4.58. The number of halogens is 4. The Labute approximate surface area is 107 Å². The molecular formula is C12H11ClF3NO. The summed E-state index contributed by atoms with van der Waals surface area (Å²) in [4.78, 5) is 13.2. The molecule has 1 unspecified atom stereocenters. The third-order valence-electron chi connectivity index (χ3n) is 2.93. The van der Waals surface area contributed by atoms with Crippen LogP contribution in [0.3, 0.4) is 0 Å². The molecule has 98 valence electrons. The van der Waals surface area contributed by atoms with Crippen molar-refractivity contribution < 1.29 is 18.0 Å². The summed E-state index contributed by atoms with van der Waals surface area (Å²) in [7, 11) is 0. The molecule has 0 bridgehead atoms. The first-order chi connectivity index (χ1) is 8.41. The van der Waals surface area contributed by atoms with Crippen LogP contribution < -0.4 is 4.90 Å². The predicted molar refractivity (Wildman–Crippen MR) is 62.6 cm³/mol. The second kappa shape index (κ2) is 4.80. The van der Waals surface area contributed by atoms with Crippen LogP contribution in [-0.4, -0.2) is 18.3 Å². The van der Waals surface area contributed by atoms with E-state index in [-0.39, 0.29) is 11.8 Å². The van der Waals surface area contributed by atoms with E-state index in [1.54, 1.807) is 0 Å². The number of hydrogen-bond acceptors (Lipinski definition) is 1. The number of alkyl halides is 4. The minimum Gasteiger partial charge on any atom is -0.312 e. The normalized spacial score (nSPS) is 20.6. The predicted octanol–water partition coefficient (Wildman–Crippen LogP) is 3.30. The SMILES string of the molecule is O=C1CC(CCl)CN1c1ccc(C(F)(F)F)cc1. The number of amides is 1. The van der Waals surface area contributed by atoms with Gasteiger partial charge in [0.2, 0.25) is 5.91 Å². The van der Waals surface area contributed by atoms with Crippen molar-refractivity contribution in [1.82, 2.24) is 0 Å². The summed E-state index contributed by atoms with van der Waals surface area (Å²) < 4.78 is 37.2. The molecule has 0 aliphatic carbocycles. The molecule has 0 spiro atoms. The Kier molecular flexibility index (Phi) is 3.52. The highest BCUT2D eigenvalue weighted by atomic mass is 35.5. The molecule has 1 heterocycles. The molecule has 2 rings (SSSR count). The number of nitrogens with zero attached hydrogens (tertiary/aromatic N) is 1. The zero-order chi connectivity index (χ0) is 13.3. The van der Waals surface area contributed by atoms with Gasteiger partial charge in [-0.2, -0.15) is 13.2 Å². The maximum absolute atomic E-state index is 12.4. The van der Waals surface area contributed by atoms with Crippen molar-refractivity contribution in [2.24, 2.45) is 5.92 Å². The van der Waals surface area contributed by atoms with Crippen LogP contribution in [0.15, 0.2) is 24.3 Å². The first-order valence-corrected chi connectivity index (χ1v) is 5.99. The van der Waals surface area contributed by atoms with E-state index in [0.717, 1.165) is 12.1 Å². The van der Waals surface area contributed by atoms with Crippen LogP contribution in [0.5, 0.6) is 0 Å². The maximum atomic E-state index is 12.4. The highest BCUT2D eigenvalue weighted by Gasteiger charge is 2.32. The van der Waals surface area contributed by atoms with Crippen LogP contribution in [-0.2, 0) is 11.0 Å². The van der Waals surface area contributed by atoms with Crippen molar-refractivity contribution in [1.29, 1.82) is 0 Å². The van der Waals surface area contributed by atoms with E-state index in [2.05, 4.69) is 0 Å². The molecule has 1 aliphatic rings. The monoisotopic (exact) mass is 277 g/mol. The number of carbonyl (C=O) groups excluding carboxylic acids is 1. The summed E-state index contributed by atoms with van der Waals surface area (Å²) in [6.45, 7) is 0.466. The van der Waals surface area contributed by atoms with Gasteiger partial charge in [0.25, 0.3) is 0 Å². The van der Waals surface area contributed by atoms with E-state index >= 15 is 0 Å². The minimum atomic E-state index is -4.35. The van der Waals surface area contributed by atoms with E-state index < -0.39 is 11.7 Å². The molecule has 1 aliphatic heterocycles. The Morgan fingerprint density at radius 2 is 1.89 bits per heavy atom. The fourth-order valence-electron chi connectivity index (χ4n) is 1.96. The van der Waals surface area contributed by atoms with Gasteiger partial charge in [0.05, 0.1) is 5.56 Å². The van der Waals surface area contributed by atoms with Crippen molar-refractivity contribution in [3.8, 4) is 0 Å². The molecule has 0 aromatic heterocycles. The number of rotatable bonds is 2. The van der Waals surface area contributed by atoms with Gasteiger partial charge in [0.15, 0.2) is 0 Å². The molecule has 1 aromatic rings. The molecule has 1 atom stereocenters. The summed E-state index contributed by atoms with van der Waals surface area (Å²) in [5.41, 5.74) is -0.229. The van der Waals surface area contributed by atoms with Gasteiger partial charge in [-0.15, -0.1) is 11.6 Å². The van der Waals surface area contributed by atoms with Crippen molar-refractivity contribution in [2.45, 2.75) is 12.6 Å². The van der Waals surface area contributed by atoms with Gasteiger partial charge >= 0.3 is 6.18 Å². The molecular weight excluding hydrogens is 267 g/mol. The molecule has 18 heavy (non-hydrogen) atoms. The third-order valence-corrected chi connectivity index (χ3v) is 3.37. The van der Waals surface area contributed by atoms with Crippen LogP contribution in [0.2, 0.25) is 0 Å². The molecule has 2 nitrogen and oxygen atoms in total. The topological polar surface area (TPSA) is 20.3 Å². The average molecular weight is 278 g/mol. The average Bonchev–Trinajstić information content (AvgIpc) is 2.70. The molecule has 6 heteroatoms. The fourth-order valence-corrected chi connectivity index (χ4v) is 2.17. The van der Waals surface area contributed by atoms with Crippen molar-refractivity contribution in [3.05, 3.63) is 29.8 Å². The van der Waals surface area contributed by atoms with Crippen molar-refractivity contribution in [2.75, 3.05) is 17.3 Å². The van der Waals surface area contributed by atoms with E-state index in [9.17, 15) is 18.0 Å². The first-order valence-electron chi connectivity index (χ1n) is 5.45. The maximum Gasteiger partial charge on any atom is 0.416 e. The number of benzene rings is 1. The van der Waals surface area contributed by atoms with Crippen LogP contribution in [0, 0.1) is 5.92 Å². The largest absolute Gasteiger partial charge is 0.416 e. The second-order valence-electron chi connectivity index (χ2n) is 4.27. The lowest BCUT2D eigenvalue weighted by Crippen LogP contribution is -2.24. The Bertz CT molecular complexity index is 444. The van der Waals surface area contributed by atoms with E-state index in [1.807, 2.05) is 0 Å². The Hall–Kier alpha value is -1.23. The summed E-state index contributed by atoms with van der Waals surface area (Å²) in [6.07, 6.45) is -4.00. The minimum absolute atomic E-state index is 0.0708. The Morgan fingerprint density at radius 1 is 1.28 bits per heavy atom. The zero-order valence-electron chi connectivity index (χ0n) is 9.38. The quantitative estimate of drug-likeness (QED) is 0.760. The van der Waals surface area contributed by atoms with Crippen LogP contribution in [0.4, 0.5) is 18.9 Å². The van der Waals surface area contributed by atoms with Gasteiger partial charge in [-0.05, 0) is 30.2 Å². The Morgan fingerprint density at radius 3 is 2.33 bits per heavy atom. The van der Waals surface area contributed by atoms with Gasteiger partial charge in [-0.25, -0.2) is 0 Å². The lowest BCUT2D eigenvalue weighted by atomic mass is 10.1. The number of hydrogen-bond donors (Lipinski definition) is 0. The number of anilines is 1. The van der Waals surface area contributed by atoms with Gasteiger partial charge in [0.1, 0.15) is 0 Å². The summed E-state index contributed by atoms with van der Waals surface area (Å²) in [5.74, 6) is 0.352. The molecule has 0 saturated carbocycles. The van der Waals surface area contributed by atoms with Gasteiger partial charge in [-0.3, -0.25) is 4.79 Å². The van der Waals surface area contributed by atoms with Gasteiger partial charge in [-0.1, -0.05) is 0 Å². The van der Waals surface area contributed by atoms with E-state index in [1.165, 1.54) is 17.0 Å². The molecule has 0 N–H and O–H groups in total. The molecule has 1 aromatic carbocycles. The van der Waals surface area contributed by atoms with Crippen LogP contribution in [0.1, 0.15) is 12.0 Å². The van der Waals surface area contributed by atoms with E-state index in [4.69, 9.17) is 11.6 Å². The summed E-state index contributed by atoms with van der Waals surface area (Å²) >= 11 is 5.68. The Balaban J connectivity index is 2.18. The van der Waals surface area contributed by atoms with E-state index in [0.29, 0.717) is 24.5 Å². The van der Waals surface area contributed by atoms with Crippen molar-refractivity contribution in [3.63, 3.8) is 0 Å². The van der Waals surface area contributed by atoms with Gasteiger partial charge in [0, 0.05) is 24.5 Å². The third kappa shape index (κ3) is 2.61. The van der Waals surface area contributed by atoms with Crippen LogP contribution >= 0.6 is 11.6 Å². The molecule has 1 fully saturated rings. The lowest BCUT2D eigenvalue weighted by molar-refractivity contribution is -0.137. The summed E-state index contributed by atoms with van der Waals surface area (Å²) in [6, 6.07) is 4.60. The number of carbonyl (C=O) groups is 1. The first kappa shape index (κ1) is 13.2. The zero-order valence-corrected chi connectivity index (χ0v) is 10.1. The highest BCUT2D eigenvalue weighted by Crippen LogP contribution is 2.32. The molecule has 1 amide bonds. The summed E-state index contributed by atoms with van der Waals surface area (Å²) in [5, 5.41) is 0. The highest BCUT2D eigenvalue weighted by molar-refractivity contribution is 6.18.